The molecule has 0 spiro atoms. The third-order valence-corrected chi connectivity index (χ3v) is 8.54. The first-order chi connectivity index (χ1) is 24.1. The van der Waals surface area contributed by atoms with Crippen LogP contribution in [0, 0.1) is 18.6 Å². The highest BCUT2D eigenvalue weighted by Crippen LogP contribution is 2.41. The van der Waals surface area contributed by atoms with Gasteiger partial charge in [-0.05, 0) is 93.5 Å². The molecular weight excluding hydrogens is 738 g/mol. The molecule has 0 atom stereocenters. The van der Waals surface area contributed by atoms with Gasteiger partial charge in [-0.15, -0.1) is 5.10 Å². The minimum Gasteiger partial charge on any atom is -0.444 e. The molecular formula is C35H47ClF2N6O8S. The average molecular weight is 785 g/mol. The highest BCUT2D eigenvalue weighted by Gasteiger charge is 2.32. The summed E-state index contributed by atoms with van der Waals surface area (Å²) in [7, 11) is -1.60. The molecule has 1 N–H and O–H groups in total. The van der Waals surface area contributed by atoms with Gasteiger partial charge in [0.2, 0.25) is 0 Å². The minimum atomic E-state index is -4.72. The molecule has 0 aliphatic heterocycles. The van der Waals surface area contributed by atoms with Crippen molar-refractivity contribution in [3.63, 3.8) is 0 Å². The SMILES string of the molecule is Cc1cc(NS(=O)(=O)c2cc(Cl)c(N(C(=O)OC(C)(C)C)c3ccc(F)cc3N(C)CCN(C)C(=O)OC(C)(C)C)cc2F)nn1C(=O)OC(C)(C)C. The lowest BCUT2D eigenvalue weighted by molar-refractivity contribution is 0.0302. The van der Waals surface area contributed by atoms with Gasteiger partial charge in [0.1, 0.15) is 33.3 Å². The van der Waals surface area contributed by atoms with Crippen molar-refractivity contribution in [3.8, 4) is 0 Å². The van der Waals surface area contributed by atoms with Crippen LogP contribution >= 0.6 is 11.6 Å². The maximum absolute atomic E-state index is 16.0. The smallest absolute Gasteiger partial charge is 0.435 e. The van der Waals surface area contributed by atoms with Crippen LogP contribution in [0.4, 0.5) is 46.0 Å². The number of benzene rings is 2. The number of amides is 2. The Bertz CT molecular complexity index is 1970. The van der Waals surface area contributed by atoms with Crippen LogP contribution in [-0.4, -0.2) is 85.4 Å². The number of carbonyl (C=O) groups excluding carboxylic acids is 3. The summed E-state index contributed by atoms with van der Waals surface area (Å²) in [4.78, 5) is 41.8. The normalized spacial score (nSPS) is 12.2. The number of nitrogens with one attached hydrogen (secondary N) is 1. The van der Waals surface area contributed by atoms with Crippen LogP contribution in [0.1, 0.15) is 68.0 Å². The zero-order valence-corrected chi connectivity index (χ0v) is 33.5. The molecule has 292 valence electrons. The molecule has 1 aromatic heterocycles. The van der Waals surface area contributed by atoms with Crippen molar-refractivity contribution < 1.29 is 45.8 Å². The second kappa shape index (κ2) is 15.8. The van der Waals surface area contributed by atoms with E-state index in [0.29, 0.717) is 0 Å². The highest BCUT2D eigenvalue weighted by molar-refractivity contribution is 7.92. The molecule has 0 saturated heterocycles. The lowest BCUT2D eigenvalue weighted by Crippen LogP contribution is -2.39. The second-order valence-electron chi connectivity index (χ2n) is 15.2. The Morgan fingerprint density at radius 2 is 1.38 bits per heavy atom. The van der Waals surface area contributed by atoms with E-state index < -0.39 is 66.7 Å². The third-order valence-electron chi connectivity index (χ3n) is 6.87. The lowest BCUT2D eigenvalue weighted by Gasteiger charge is -2.32. The van der Waals surface area contributed by atoms with Gasteiger partial charge < -0.3 is 24.0 Å². The van der Waals surface area contributed by atoms with E-state index in [1.807, 2.05) is 0 Å². The van der Waals surface area contributed by atoms with Crippen molar-refractivity contribution in [1.82, 2.24) is 14.7 Å². The van der Waals surface area contributed by atoms with Crippen LogP contribution in [0.25, 0.3) is 0 Å². The van der Waals surface area contributed by atoms with E-state index in [2.05, 4.69) is 9.82 Å². The maximum Gasteiger partial charge on any atom is 0.435 e. The number of anilines is 4. The summed E-state index contributed by atoms with van der Waals surface area (Å²) in [5, 5.41) is 3.55. The Labute approximate surface area is 314 Å². The van der Waals surface area contributed by atoms with Gasteiger partial charge in [0.05, 0.1) is 27.8 Å². The average Bonchev–Trinajstić information content (AvgIpc) is 3.34. The van der Waals surface area contributed by atoms with Crippen molar-refractivity contribution in [2.24, 2.45) is 0 Å². The molecule has 3 aromatic rings. The van der Waals surface area contributed by atoms with Crippen LogP contribution in [0.2, 0.25) is 5.02 Å². The van der Waals surface area contributed by atoms with Gasteiger partial charge in [-0.25, -0.2) is 36.5 Å². The maximum atomic E-state index is 16.0. The Hall–Kier alpha value is -4.64. The number of likely N-dealkylation sites (N-methyl/N-ethyl adjacent to an activating group) is 2. The number of rotatable bonds is 9. The number of halogens is 3. The Morgan fingerprint density at radius 1 is 0.811 bits per heavy atom. The predicted octanol–water partition coefficient (Wildman–Crippen LogP) is 8.08. The quantitative estimate of drug-likeness (QED) is 0.211. The number of ether oxygens (including phenoxy) is 3. The predicted molar refractivity (Wildman–Crippen MR) is 198 cm³/mol. The van der Waals surface area contributed by atoms with Crippen molar-refractivity contribution in [1.29, 1.82) is 0 Å². The van der Waals surface area contributed by atoms with Gasteiger partial charge in [-0.2, -0.15) is 4.68 Å². The number of hydrogen-bond donors (Lipinski definition) is 1. The van der Waals surface area contributed by atoms with Crippen LogP contribution < -0.4 is 14.5 Å². The van der Waals surface area contributed by atoms with Gasteiger partial charge in [0.15, 0.2) is 5.82 Å². The molecule has 2 amide bonds. The number of sulfonamides is 1. The molecule has 0 fully saturated rings. The molecule has 0 aliphatic rings. The first kappa shape index (κ1) is 42.8. The molecule has 0 radical (unpaired) electrons. The summed E-state index contributed by atoms with van der Waals surface area (Å²) in [6.45, 7) is 16.7. The van der Waals surface area contributed by atoms with Gasteiger partial charge in [0, 0.05) is 39.3 Å². The molecule has 0 bridgehead atoms. The first-order valence-corrected chi connectivity index (χ1v) is 18.2. The fraction of sp³-hybridized carbons (Fsp3) is 0.486. The fourth-order valence-corrected chi connectivity index (χ4v) is 5.97. The number of nitrogens with zero attached hydrogens (tertiary/aromatic N) is 5. The Balaban J connectivity index is 2.06. The van der Waals surface area contributed by atoms with E-state index in [4.69, 9.17) is 25.8 Å². The number of carbonyl (C=O) groups is 3. The molecule has 14 nitrogen and oxygen atoms in total. The molecule has 0 aliphatic carbocycles. The van der Waals surface area contributed by atoms with Crippen LogP contribution in [0.15, 0.2) is 41.3 Å². The van der Waals surface area contributed by atoms with Crippen molar-refractivity contribution >= 4 is 62.8 Å². The third kappa shape index (κ3) is 11.7. The standard InChI is InChI=1S/C35H47ClF2N6O8S/c1-21-17-29(39-44(21)32(47)52-35(8,9)10)40-53(48,49)28-19-23(36)26(20-24(28)38)43(31(46)51-34(5,6)7)25-14-13-22(37)18-27(25)41(11)15-16-42(12)30(45)50-33(2,3)4/h13-14,17-20H,15-16H2,1-12H3,(H,39,40). The van der Waals surface area contributed by atoms with Gasteiger partial charge in [0.25, 0.3) is 10.0 Å². The highest BCUT2D eigenvalue weighted by atomic mass is 35.5. The van der Waals surface area contributed by atoms with Crippen LogP contribution in [0.5, 0.6) is 0 Å². The summed E-state index contributed by atoms with van der Waals surface area (Å²) >= 11 is 6.62. The van der Waals surface area contributed by atoms with E-state index in [9.17, 15) is 27.2 Å². The number of aromatic nitrogens is 2. The summed E-state index contributed by atoms with van der Waals surface area (Å²) in [5.41, 5.74) is -2.61. The zero-order chi connectivity index (χ0) is 40.4. The summed E-state index contributed by atoms with van der Waals surface area (Å²) in [6, 6.07) is 6.23. The van der Waals surface area contributed by atoms with E-state index in [1.165, 1.54) is 31.0 Å². The van der Waals surface area contributed by atoms with E-state index in [-0.39, 0.29) is 41.7 Å². The summed E-state index contributed by atoms with van der Waals surface area (Å²) < 4.78 is 76.9. The summed E-state index contributed by atoms with van der Waals surface area (Å²) in [6.07, 6.45) is -2.48. The van der Waals surface area contributed by atoms with E-state index >= 15 is 4.39 Å². The molecule has 2 aromatic carbocycles. The van der Waals surface area contributed by atoms with Crippen molar-refractivity contribution in [2.45, 2.75) is 90.9 Å². The van der Waals surface area contributed by atoms with E-state index in [0.717, 1.165) is 33.8 Å². The first-order valence-electron chi connectivity index (χ1n) is 16.4. The monoisotopic (exact) mass is 784 g/mol. The zero-order valence-electron chi connectivity index (χ0n) is 31.9. The van der Waals surface area contributed by atoms with Crippen LogP contribution in [-0.2, 0) is 24.2 Å². The molecule has 0 saturated carbocycles. The molecule has 1 heterocycles. The van der Waals surface area contributed by atoms with Gasteiger partial charge in [-0.3, -0.25) is 4.72 Å². The topological polar surface area (TPSA) is 153 Å². The Kier molecular flexibility index (Phi) is 12.7. The van der Waals surface area contributed by atoms with Crippen molar-refractivity contribution in [2.75, 3.05) is 41.7 Å². The number of aryl methyl sites for hydroxylation is 1. The minimum absolute atomic E-state index is 0.00117. The molecule has 3 rings (SSSR count). The second-order valence-corrected chi connectivity index (χ2v) is 17.2. The Morgan fingerprint density at radius 3 is 1.94 bits per heavy atom. The molecule has 0 unspecified atom stereocenters. The van der Waals surface area contributed by atoms with E-state index in [1.54, 1.807) is 74.3 Å². The van der Waals surface area contributed by atoms with Crippen molar-refractivity contribution in [3.05, 3.63) is 58.7 Å². The summed E-state index contributed by atoms with van der Waals surface area (Å²) in [5.74, 6) is -2.29. The van der Waals surface area contributed by atoms with Crippen LogP contribution in [0.3, 0.4) is 0 Å². The lowest BCUT2D eigenvalue weighted by atomic mass is 10.1. The largest absolute Gasteiger partial charge is 0.444 e. The number of hydrogen-bond acceptors (Lipinski definition) is 10. The molecule has 53 heavy (non-hydrogen) atoms. The fourth-order valence-electron chi connectivity index (χ4n) is 4.58. The van der Waals surface area contributed by atoms with Gasteiger partial charge in [-0.1, -0.05) is 11.6 Å². The van der Waals surface area contributed by atoms with Gasteiger partial charge >= 0.3 is 18.3 Å². The molecule has 18 heteroatoms.